The van der Waals surface area contributed by atoms with Crippen LogP contribution in [0, 0.1) is 11.3 Å². The number of nitrogens with one attached hydrogen (secondary N) is 1. The topological polar surface area (TPSA) is 65.6 Å². The smallest absolute Gasteiger partial charge is 0.110 e. The maximum Gasteiger partial charge on any atom is 0.110 e. The van der Waals surface area contributed by atoms with E-state index in [-0.39, 0.29) is 0 Å². The molecule has 1 aromatic carbocycles. The second-order valence-electron chi connectivity index (χ2n) is 4.50. The molecule has 92 valence electrons. The van der Waals surface area contributed by atoms with Crippen molar-refractivity contribution >= 4 is 21.7 Å². The zero-order valence-corrected chi connectivity index (χ0v) is 11.9. The third-order valence-corrected chi connectivity index (χ3v) is 3.62. The van der Waals surface area contributed by atoms with Gasteiger partial charge < -0.3 is 10.7 Å². The molecular weight excluding hydrogens is 290 g/mol. The van der Waals surface area contributed by atoms with Crippen molar-refractivity contribution in [2.75, 3.05) is 5.73 Å². The predicted octanol–water partition coefficient (Wildman–Crippen LogP) is 4.02. The molecule has 1 heterocycles. The van der Waals surface area contributed by atoms with E-state index >= 15 is 0 Å². The Morgan fingerprint density at radius 1 is 1.39 bits per heavy atom. The Balaban J connectivity index is 2.59. The second-order valence-corrected chi connectivity index (χ2v) is 5.35. The van der Waals surface area contributed by atoms with Crippen LogP contribution in [0.5, 0.6) is 0 Å². The maximum absolute atomic E-state index is 9.09. The zero-order valence-electron chi connectivity index (χ0n) is 10.3. The van der Waals surface area contributed by atoms with E-state index in [0.717, 1.165) is 15.6 Å². The number of rotatable bonds is 2. The van der Waals surface area contributed by atoms with Gasteiger partial charge in [-0.3, -0.25) is 0 Å². The van der Waals surface area contributed by atoms with Crippen LogP contribution in [-0.2, 0) is 0 Å². The number of benzene rings is 1. The number of anilines is 1. The van der Waals surface area contributed by atoms with Gasteiger partial charge in [0, 0.05) is 21.8 Å². The number of nitriles is 1. The second kappa shape index (κ2) is 4.87. The number of halogens is 1. The number of aromatic amines is 1. The summed E-state index contributed by atoms with van der Waals surface area (Å²) in [6, 6.07) is 8.29. The molecule has 0 aliphatic carbocycles. The minimum Gasteiger partial charge on any atom is -0.385 e. The highest BCUT2D eigenvalue weighted by molar-refractivity contribution is 9.10. The molecule has 1 aromatic heterocycles. The number of nitrogens with two attached hydrogens (primary N) is 1. The molecule has 0 unspecified atom stereocenters. The van der Waals surface area contributed by atoms with Crippen LogP contribution in [-0.4, -0.2) is 4.98 Å². The molecule has 0 spiro atoms. The van der Waals surface area contributed by atoms with E-state index in [1.165, 1.54) is 5.56 Å². The van der Waals surface area contributed by atoms with Crippen LogP contribution in [0.2, 0.25) is 0 Å². The quantitative estimate of drug-likeness (QED) is 0.880. The van der Waals surface area contributed by atoms with Crippen molar-refractivity contribution in [2.45, 2.75) is 19.8 Å². The Hall–Kier alpha value is -1.73. The Bertz CT molecular complexity index is 620. The van der Waals surface area contributed by atoms with Gasteiger partial charge in [0.05, 0.1) is 5.56 Å². The van der Waals surface area contributed by atoms with Gasteiger partial charge in [0.1, 0.15) is 11.9 Å². The lowest BCUT2D eigenvalue weighted by Crippen LogP contribution is -1.92. The van der Waals surface area contributed by atoms with Crippen LogP contribution in [0.25, 0.3) is 11.1 Å². The number of H-pyrrole nitrogens is 1. The molecule has 0 radical (unpaired) electrons. The highest BCUT2D eigenvalue weighted by atomic mass is 79.9. The number of nitrogens with zero attached hydrogens (tertiary/aromatic N) is 1. The third kappa shape index (κ3) is 2.14. The normalized spacial score (nSPS) is 10.6. The van der Waals surface area contributed by atoms with E-state index in [0.29, 0.717) is 17.3 Å². The summed E-state index contributed by atoms with van der Waals surface area (Å²) >= 11 is 3.56. The monoisotopic (exact) mass is 303 g/mol. The molecule has 2 aromatic rings. The molecule has 0 aliphatic heterocycles. The molecule has 3 nitrogen and oxygen atoms in total. The van der Waals surface area contributed by atoms with Crippen molar-refractivity contribution in [1.82, 2.24) is 4.98 Å². The first-order valence-electron chi connectivity index (χ1n) is 5.71. The minimum atomic E-state index is 0.467. The average Bonchev–Trinajstić information content (AvgIpc) is 2.70. The van der Waals surface area contributed by atoms with Crippen molar-refractivity contribution in [1.29, 1.82) is 5.26 Å². The third-order valence-electron chi connectivity index (χ3n) is 2.96. The van der Waals surface area contributed by atoms with Gasteiger partial charge in [-0.1, -0.05) is 41.9 Å². The molecule has 0 bridgehead atoms. The van der Waals surface area contributed by atoms with Crippen LogP contribution in [0.15, 0.2) is 28.9 Å². The number of hydrogen-bond donors (Lipinski definition) is 2. The Morgan fingerprint density at radius 2 is 2.11 bits per heavy atom. The Labute approximate surface area is 115 Å². The fourth-order valence-corrected chi connectivity index (χ4v) is 2.51. The highest BCUT2D eigenvalue weighted by Crippen LogP contribution is 2.36. The first kappa shape index (κ1) is 12.7. The summed E-state index contributed by atoms with van der Waals surface area (Å²) in [7, 11) is 0. The molecule has 0 saturated carbocycles. The van der Waals surface area contributed by atoms with Gasteiger partial charge in [0.15, 0.2) is 0 Å². The van der Waals surface area contributed by atoms with Gasteiger partial charge in [0.2, 0.25) is 0 Å². The Morgan fingerprint density at radius 3 is 2.67 bits per heavy atom. The van der Waals surface area contributed by atoms with Gasteiger partial charge >= 0.3 is 0 Å². The van der Waals surface area contributed by atoms with Gasteiger partial charge in [0.25, 0.3) is 0 Å². The van der Waals surface area contributed by atoms with Crippen LogP contribution in [0.1, 0.15) is 30.9 Å². The van der Waals surface area contributed by atoms with E-state index in [4.69, 9.17) is 11.0 Å². The van der Waals surface area contributed by atoms with Crippen molar-refractivity contribution in [3.63, 3.8) is 0 Å². The predicted molar refractivity (Wildman–Crippen MR) is 77.1 cm³/mol. The van der Waals surface area contributed by atoms with Gasteiger partial charge in [-0.25, -0.2) is 0 Å². The summed E-state index contributed by atoms with van der Waals surface area (Å²) in [5.74, 6) is 0.985. The number of nitrogen functional groups attached to an aromatic ring is 1. The summed E-state index contributed by atoms with van der Waals surface area (Å²) in [6.45, 7) is 4.29. The fraction of sp³-hybridized carbons (Fsp3) is 0.214. The van der Waals surface area contributed by atoms with E-state index in [1.807, 2.05) is 6.07 Å². The lowest BCUT2D eigenvalue weighted by Gasteiger charge is -2.10. The molecule has 0 atom stereocenters. The van der Waals surface area contributed by atoms with Crippen molar-refractivity contribution in [2.24, 2.45) is 0 Å². The highest BCUT2D eigenvalue weighted by Gasteiger charge is 2.14. The van der Waals surface area contributed by atoms with Crippen molar-refractivity contribution in [3.8, 4) is 17.2 Å². The van der Waals surface area contributed by atoms with E-state index in [2.05, 4.69) is 53.0 Å². The Kier molecular flexibility index (Phi) is 3.44. The molecule has 18 heavy (non-hydrogen) atoms. The number of aromatic nitrogens is 1. The van der Waals surface area contributed by atoms with E-state index < -0.39 is 0 Å². The lowest BCUT2D eigenvalue weighted by atomic mass is 9.98. The molecule has 0 amide bonds. The summed E-state index contributed by atoms with van der Waals surface area (Å²) in [6.07, 6.45) is 1.63. The van der Waals surface area contributed by atoms with Crippen LogP contribution >= 0.6 is 15.9 Å². The minimum absolute atomic E-state index is 0.467. The largest absolute Gasteiger partial charge is 0.385 e. The fourth-order valence-electron chi connectivity index (χ4n) is 1.91. The first-order chi connectivity index (χ1) is 8.54. The van der Waals surface area contributed by atoms with Crippen LogP contribution < -0.4 is 5.73 Å². The molecule has 0 fully saturated rings. The number of hydrogen-bond acceptors (Lipinski definition) is 2. The van der Waals surface area contributed by atoms with Crippen molar-refractivity contribution in [3.05, 3.63) is 40.0 Å². The molecule has 2 rings (SSSR count). The molecule has 0 saturated heterocycles. The molecule has 4 heteroatoms. The molecular formula is C14H14BrN3. The zero-order chi connectivity index (χ0) is 13.3. The van der Waals surface area contributed by atoms with E-state index in [1.54, 1.807) is 6.20 Å². The van der Waals surface area contributed by atoms with E-state index in [9.17, 15) is 0 Å². The van der Waals surface area contributed by atoms with Crippen molar-refractivity contribution < 1.29 is 0 Å². The average molecular weight is 304 g/mol. The molecule has 0 aliphatic rings. The van der Waals surface area contributed by atoms with Gasteiger partial charge in [-0.15, -0.1) is 0 Å². The maximum atomic E-state index is 9.09. The van der Waals surface area contributed by atoms with Crippen LogP contribution in [0.4, 0.5) is 5.82 Å². The first-order valence-corrected chi connectivity index (χ1v) is 6.50. The molecule has 3 N–H and O–H groups in total. The standard InChI is InChI=1S/C14H14BrN3/c1-8(2)9-3-4-11(12(15)5-9)13-10(6-16)7-18-14(13)17/h3-5,7-8,18H,17H2,1-2H3. The summed E-state index contributed by atoms with van der Waals surface area (Å²) < 4.78 is 0.955. The summed E-state index contributed by atoms with van der Waals surface area (Å²) in [5, 5.41) is 9.09. The lowest BCUT2D eigenvalue weighted by molar-refractivity contribution is 0.866. The SMILES string of the molecule is CC(C)c1ccc(-c2c(C#N)c[nH]c2N)c(Br)c1. The van der Waals surface area contributed by atoms with Gasteiger partial charge in [-0.05, 0) is 17.5 Å². The van der Waals surface area contributed by atoms with Gasteiger partial charge in [-0.2, -0.15) is 5.26 Å². The summed E-state index contributed by atoms with van der Waals surface area (Å²) in [4.78, 5) is 2.89. The summed E-state index contributed by atoms with van der Waals surface area (Å²) in [5.41, 5.74) is 9.40. The van der Waals surface area contributed by atoms with Crippen LogP contribution in [0.3, 0.4) is 0 Å².